The van der Waals surface area contributed by atoms with Crippen LogP contribution in [0, 0.1) is 11.3 Å². The fourth-order valence-electron chi connectivity index (χ4n) is 2.82. The van der Waals surface area contributed by atoms with Crippen LogP contribution in [0.3, 0.4) is 0 Å². The average Bonchev–Trinajstić information content (AvgIpc) is 2.80. The molecule has 0 amide bonds. The van der Waals surface area contributed by atoms with Crippen LogP contribution in [0.5, 0.6) is 0 Å². The molecule has 1 nitrogen and oxygen atoms in total. The van der Waals surface area contributed by atoms with Crippen molar-refractivity contribution in [3.8, 4) is 0 Å². The zero-order valence-corrected chi connectivity index (χ0v) is 14.4. The van der Waals surface area contributed by atoms with Crippen molar-refractivity contribution in [2.45, 2.75) is 58.5 Å². The standard InChI is InChI=1S/C14H26Br2O/c1-12(2)9-14(10-15,11-16)7-3-5-13-6-4-8-17-13/h12-13H,3-11H2,1-2H3. The molecule has 0 aromatic carbocycles. The molecule has 0 saturated carbocycles. The Balaban J connectivity index is 2.32. The van der Waals surface area contributed by atoms with Gasteiger partial charge in [-0.2, -0.15) is 0 Å². The van der Waals surface area contributed by atoms with Crippen molar-refractivity contribution >= 4 is 31.9 Å². The lowest BCUT2D eigenvalue weighted by atomic mass is 9.79. The lowest BCUT2D eigenvalue weighted by Gasteiger charge is -2.32. The van der Waals surface area contributed by atoms with Crippen molar-refractivity contribution in [2.24, 2.45) is 11.3 Å². The second-order valence-corrected chi connectivity index (χ2v) is 7.01. The Morgan fingerprint density at radius 3 is 2.47 bits per heavy atom. The van der Waals surface area contributed by atoms with E-state index in [-0.39, 0.29) is 0 Å². The third kappa shape index (κ3) is 5.61. The summed E-state index contributed by atoms with van der Waals surface area (Å²) in [6.45, 7) is 5.62. The number of hydrogen-bond acceptors (Lipinski definition) is 1. The van der Waals surface area contributed by atoms with E-state index in [0.717, 1.165) is 23.2 Å². The largest absolute Gasteiger partial charge is 0.378 e. The van der Waals surface area contributed by atoms with Crippen LogP contribution in [0.2, 0.25) is 0 Å². The van der Waals surface area contributed by atoms with Gasteiger partial charge < -0.3 is 4.74 Å². The van der Waals surface area contributed by atoms with Crippen molar-refractivity contribution in [3.05, 3.63) is 0 Å². The Hall–Kier alpha value is 0.920. The predicted octanol–water partition coefficient (Wildman–Crippen LogP) is 5.16. The minimum Gasteiger partial charge on any atom is -0.378 e. The van der Waals surface area contributed by atoms with E-state index in [2.05, 4.69) is 45.7 Å². The molecule has 1 aliphatic heterocycles. The summed E-state index contributed by atoms with van der Waals surface area (Å²) in [5, 5.41) is 2.21. The van der Waals surface area contributed by atoms with Gasteiger partial charge in [-0.05, 0) is 43.4 Å². The molecule has 102 valence electrons. The fourth-order valence-corrected chi connectivity index (χ4v) is 4.77. The van der Waals surface area contributed by atoms with Crippen LogP contribution in [0.15, 0.2) is 0 Å². The van der Waals surface area contributed by atoms with Gasteiger partial charge in [-0.1, -0.05) is 52.1 Å². The van der Waals surface area contributed by atoms with E-state index >= 15 is 0 Å². The van der Waals surface area contributed by atoms with Gasteiger partial charge in [0.15, 0.2) is 0 Å². The molecule has 0 spiro atoms. The highest BCUT2D eigenvalue weighted by atomic mass is 79.9. The van der Waals surface area contributed by atoms with E-state index in [4.69, 9.17) is 4.74 Å². The molecule has 1 heterocycles. The molecule has 1 unspecified atom stereocenters. The minimum atomic E-state index is 0.437. The van der Waals surface area contributed by atoms with Crippen molar-refractivity contribution in [1.82, 2.24) is 0 Å². The van der Waals surface area contributed by atoms with E-state index in [1.807, 2.05) is 0 Å². The Morgan fingerprint density at radius 2 is 2.00 bits per heavy atom. The Labute approximate surface area is 123 Å². The average molecular weight is 370 g/mol. The summed E-state index contributed by atoms with van der Waals surface area (Å²) in [6.07, 6.45) is 8.25. The molecule has 0 aromatic rings. The van der Waals surface area contributed by atoms with E-state index < -0.39 is 0 Å². The summed E-state index contributed by atoms with van der Waals surface area (Å²) in [5.74, 6) is 0.771. The fraction of sp³-hybridized carbons (Fsp3) is 1.00. The van der Waals surface area contributed by atoms with Crippen molar-refractivity contribution < 1.29 is 4.74 Å². The Kier molecular flexibility index (Phi) is 7.67. The Morgan fingerprint density at radius 1 is 1.29 bits per heavy atom. The zero-order chi connectivity index (χ0) is 12.7. The molecule has 1 saturated heterocycles. The van der Waals surface area contributed by atoms with Crippen LogP contribution in [-0.4, -0.2) is 23.4 Å². The third-order valence-corrected chi connectivity index (χ3v) is 6.04. The minimum absolute atomic E-state index is 0.437. The third-order valence-electron chi connectivity index (χ3n) is 3.67. The van der Waals surface area contributed by atoms with Crippen LogP contribution < -0.4 is 0 Å². The maximum atomic E-state index is 5.69. The molecule has 0 aromatic heterocycles. The molecule has 1 rings (SSSR count). The molecule has 1 atom stereocenters. The monoisotopic (exact) mass is 368 g/mol. The summed E-state index contributed by atoms with van der Waals surface area (Å²) in [7, 11) is 0. The van der Waals surface area contributed by atoms with E-state index in [1.54, 1.807) is 0 Å². The van der Waals surface area contributed by atoms with Gasteiger partial charge in [-0.25, -0.2) is 0 Å². The summed E-state index contributed by atoms with van der Waals surface area (Å²) in [6, 6.07) is 0. The normalized spacial score (nSPS) is 21.4. The molecule has 17 heavy (non-hydrogen) atoms. The van der Waals surface area contributed by atoms with Crippen LogP contribution in [0.25, 0.3) is 0 Å². The maximum Gasteiger partial charge on any atom is 0.0576 e. The van der Waals surface area contributed by atoms with Crippen molar-refractivity contribution in [2.75, 3.05) is 17.3 Å². The first-order valence-electron chi connectivity index (χ1n) is 6.85. The molecule has 0 bridgehead atoms. The second-order valence-electron chi connectivity index (χ2n) is 5.89. The SMILES string of the molecule is CC(C)CC(CBr)(CBr)CCCC1CCCO1. The lowest BCUT2D eigenvalue weighted by Crippen LogP contribution is -2.27. The Bertz CT molecular complexity index is 196. The van der Waals surface area contributed by atoms with Gasteiger partial charge in [0.1, 0.15) is 0 Å². The van der Waals surface area contributed by atoms with Gasteiger partial charge in [0.2, 0.25) is 0 Å². The summed E-state index contributed by atoms with van der Waals surface area (Å²) < 4.78 is 5.69. The second kappa shape index (κ2) is 8.16. The number of rotatable bonds is 8. The predicted molar refractivity (Wildman–Crippen MR) is 82.3 cm³/mol. The summed E-state index contributed by atoms with van der Waals surface area (Å²) in [5.41, 5.74) is 0.437. The first kappa shape index (κ1) is 16.0. The number of ether oxygens (including phenoxy) is 1. The molecular formula is C14H26Br2O. The molecule has 3 heteroatoms. The number of halogens is 2. The lowest BCUT2D eigenvalue weighted by molar-refractivity contribution is 0.0982. The van der Waals surface area contributed by atoms with Crippen molar-refractivity contribution in [1.29, 1.82) is 0 Å². The van der Waals surface area contributed by atoms with E-state index in [9.17, 15) is 0 Å². The first-order valence-corrected chi connectivity index (χ1v) is 9.10. The van der Waals surface area contributed by atoms with Gasteiger partial charge in [0.25, 0.3) is 0 Å². The highest BCUT2D eigenvalue weighted by molar-refractivity contribution is 9.09. The zero-order valence-electron chi connectivity index (χ0n) is 11.2. The van der Waals surface area contributed by atoms with Gasteiger partial charge in [0.05, 0.1) is 6.10 Å². The summed E-state index contributed by atoms with van der Waals surface area (Å²) >= 11 is 7.43. The van der Waals surface area contributed by atoms with Crippen LogP contribution in [0.4, 0.5) is 0 Å². The maximum absolute atomic E-state index is 5.69. The quantitative estimate of drug-likeness (QED) is 0.537. The van der Waals surface area contributed by atoms with Crippen molar-refractivity contribution in [3.63, 3.8) is 0 Å². The van der Waals surface area contributed by atoms with Gasteiger partial charge >= 0.3 is 0 Å². The van der Waals surface area contributed by atoms with Gasteiger partial charge in [-0.15, -0.1) is 0 Å². The molecule has 0 N–H and O–H groups in total. The van der Waals surface area contributed by atoms with Gasteiger partial charge in [-0.3, -0.25) is 0 Å². The highest BCUT2D eigenvalue weighted by Gasteiger charge is 2.29. The smallest absolute Gasteiger partial charge is 0.0576 e. The molecule has 1 aliphatic rings. The van der Waals surface area contributed by atoms with Crippen LogP contribution >= 0.6 is 31.9 Å². The first-order chi connectivity index (χ1) is 8.12. The molecule has 0 aliphatic carbocycles. The van der Waals surface area contributed by atoms with E-state index in [0.29, 0.717) is 11.5 Å². The number of hydrogen-bond donors (Lipinski definition) is 0. The molecule has 0 radical (unpaired) electrons. The van der Waals surface area contributed by atoms with Crippen LogP contribution in [0.1, 0.15) is 52.4 Å². The van der Waals surface area contributed by atoms with E-state index in [1.165, 1.54) is 38.5 Å². The number of alkyl halides is 2. The molecular weight excluding hydrogens is 344 g/mol. The summed E-state index contributed by atoms with van der Waals surface area (Å²) in [4.78, 5) is 0. The van der Waals surface area contributed by atoms with Crippen LogP contribution in [-0.2, 0) is 4.74 Å². The highest BCUT2D eigenvalue weighted by Crippen LogP contribution is 2.36. The molecule has 1 fully saturated rings. The topological polar surface area (TPSA) is 9.23 Å². The van der Waals surface area contributed by atoms with Gasteiger partial charge in [0, 0.05) is 17.3 Å².